The number of hydrogen-bond donors (Lipinski definition) is 2. The number of benzene rings is 1. The zero-order valence-corrected chi connectivity index (χ0v) is 9.04. The zero-order chi connectivity index (χ0) is 10.8. The summed E-state index contributed by atoms with van der Waals surface area (Å²) in [5, 5.41) is 0. The molecule has 15 heavy (non-hydrogen) atoms. The highest BCUT2D eigenvalue weighted by Crippen LogP contribution is 2.22. The molecule has 3 heteroatoms. The van der Waals surface area contributed by atoms with Crippen molar-refractivity contribution in [3.8, 4) is 0 Å². The van der Waals surface area contributed by atoms with Crippen LogP contribution >= 0.6 is 0 Å². The third-order valence-electron chi connectivity index (χ3n) is 2.79. The minimum absolute atomic E-state index is 0.839. The molecule has 1 heterocycles. The lowest BCUT2D eigenvalue weighted by Crippen LogP contribution is -2.00. The molecule has 0 amide bonds. The van der Waals surface area contributed by atoms with Crippen molar-refractivity contribution in [3.63, 3.8) is 0 Å². The number of nitrogens with zero attached hydrogens (tertiary/aromatic N) is 1. The lowest BCUT2D eigenvalue weighted by molar-refractivity contribution is 1.07. The second-order valence-electron chi connectivity index (χ2n) is 3.81. The minimum Gasteiger partial charge on any atom is -0.399 e. The van der Waals surface area contributed by atoms with Crippen molar-refractivity contribution in [2.24, 2.45) is 0 Å². The first-order chi connectivity index (χ1) is 7.18. The summed E-state index contributed by atoms with van der Waals surface area (Å²) < 4.78 is 0. The number of aromatic amines is 1. The number of aryl methyl sites for hydroxylation is 1. The number of imidazole rings is 1. The van der Waals surface area contributed by atoms with Crippen LogP contribution in [0.5, 0.6) is 0 Å². The monoisotopic (exact) mass is 201 g/mol. The van der Waals surface area contributed by atoms with Crippen molar-refractivity contribution >= 4 is 5.69 Å². The molecule has 0 aliphatic heterocycles. The fourth-order valence-corrected chi connectivity index (χ4v) is 1.75. The topological polar surface area (TPSA) is 54.7 Å². The van der Waals surface area contributed by atoms with Gasteiger partial charge < -0.3 is 10.7 Å². The molecule has 3 nitrogen and oxygen atoms in total. The number of aromatic nitrogens is 2. The SMILES string of the molecule is Cc1ccc(N)c(C)c1Cc1c[nH]cn1. The number of nitrogen functional groups attached to an aromatic ring is 1. The van der Waals surface area contributed by atoms with E-state index < -0.39 is 0 Å². The first kappa shape index (κ1) is 9.77. The Balaban J connectivity index is 2.39. The second-order valence-corrected chi connectivity index (χ2v) is 3.81. The molecule has 0 spiro atoms. The third kappa shape index (κ3) is 1.86. The Hall–Kier alpha value is -1.77. The molecule has 0 aliphatic carbocycles. The lowest BCUT2D eigenvalue weighted by atomic mass is 9.97. The number of H-pyrrole nitrogens is 1. The summed E-state index contributed by atoms with van der Waals surface area (Å²) in [7, 11) is 0. The van der Waals surface area contributed by atoms with Gasteiger partial charge in [-0.05, 0) is 36.6 Å². The summed E-state index contributed by atoms with van der Waals surface area (Å²) >= 11 is 0. The normalized spacial score (nSPS) is 10.5. The molecule has 0 unspecified atom stereocenters. The van der Waals surface area contributed by atoms with Crippen LogP contribution in [-0.4, -0.2) is 9.97 Å². The molecule has 0 saturated carbocycles. The number of nitrogens with two attached hydrogens (primary N) is 1. The van der Waals surface area contributed by atoms with Gasteiger partial charge in [-0.3, -0.25) is 0 Å². The van der Waals surface area contributed by atoms with E-state index in [2.05, 4.69) is 29.9 Å². The molecule has 1 aromatic carbocycles. The summed E-state index contributed by atoms with van der Waals surface area (Å²) in [4.78, 5) is 7.19. The van der Waals surface area contributed by atoms with Crippen LogP contribution in [0.25, 0.3) is 0 Å². The van der Waals surface area contributed by atoms with Crippen molar-refractivity contribution in [2.45, 2.75) is 20.3 Å². The van der Waals surface area contributed by atoms with Gasteiger partial charge in [0.25, 0.3) is 0 Å². The molecule has 3 N–H and O–H groups in total. The molecular formula is C12H15N3. The van der Waals surface area contributed by atoms with E-state index >= 15 is 0 Å². The van der Waals surface area contributed by atoms with Crippen LogP contribution in [0, 0.1) is 13.8 Å². The van der Waals surface area contributed by atoms with E-state index in [1.807, 2.05) is 12.3 Å². The van der Waals surface area contributed by atoms with Crippen LogP contribution < -0.4 is 5.73 Å². The van der Waals surface area contributed by atoms with Crippen LogP contribution in [-0.2, 0) is 6.42 Å². The summed E-state index contributed by atoms with van der Waals surface area (Å²) in [5.74, 6) is 0. The molecule has 2 rings (SSSR count). The van der Waals surface area contributed by atoms with Crippen LogP contribution in [0.1, 0.15) is 22.4 Å². The van der Waals surface area contributed by atoms with Gasteiger partial charge in [0.1, 0.15) is 0 Å². The largest absolute Gasteiger partial charge is 0.399 e. The van der Waals surface area contributed by atoms with Crippen molar-refractivity contribution < 1.29 is 0 Å². The van der Waals surface area contributed by atoms with Crippen LogP contribution in [0.3, 0.4) is 0 Å². The molecule has 0 bridgehead atoms. The van der Waals surface area contributed by atoms with Gasteiger partial charge in [-0.15, -0.1) is 0 Å². The van der Waals surface area contributed by atoms with Gasteiger partial charge in [0.15, 0.2) is 0 Å². The third-order valence-corrected chi connectivity index (χ3v) is 2.79. The van der Waals surface area contributed by atoms with E-state index in [-0.39, 0.29) is 0 Å². The highest BCUT2D eigenvalue weighted by atomic mass is 14.9. The molecule has 2 aromatic rings. The Labute approximate surface area is 89.4 Å². The lowest BCUT2D eigenvalue weighted by Gasteiger charge is -2.10. The van der Waals surface area contributed by atoms with E-state index in [1.165, 1.54) is 11.1 Å². The number of nitrogens with one attached hydrogen (secondary N) is 1. The van der Waals surface area contributed by atoms with Gasteiger partial charge in [0, 0.05) is 18.3 Å². The molecule has 0 fully saturated rings. The molecule has 78 valence electrons. The van der Waals surface area contributed by atoms with Crippen LogP contribution in [0.15, 0.2) is 24.7 Å². The first-order valence-electron chi connectivity index (χ1n) is 5.00. The number of anilines is 1. The Morgan fingerprint density at radius 1 is 1.33 bits per heavy atom. The molecular weight excluding hydrogens is 186 g/mol. The average Bonchev–Trinajstić information content (AvgIpc) is 2.71. The highest BCUT2D eigenvalue weighted by molar-refractivity contribution is 5.53. The van der Waals surface area contributed by atoms with Crippen LogP contribution in [0.4, 0.5) is 5.69 Å². The van der Waals surface area contributed by atoms with Gasteiger partial charge in [-0.2, -0.15) is 0 Å². The van der Waals surface area contributed by atoms with E-state index in [1.54, 1.807) is 6.33 Å². The fraction of sp³-hybridized carbons (Fsp3) is 0.250. The summed E-state index contributed by atoms with van der Waals surface area (Å²) in [6, 6.07) is 4.02. The molecule has 1 aromatic heterocycles. The predicted molar refractivity (Wildman–Crippen MR) is 61.7 cm³/mol. The first-order valence-corrected chi connectivity index (χ1v) is 5.00. The fourth-order valence-electron chi connectivity index (χ4n) is 1.75. The summed E-state index contributed by atoms with van der Waals surface area (Å²) in [5.41, 5.74) is 11.5. The van der Waals surface area contributed by atoms with E-state index in [9.17, 15) is 0 Å². The van der Waals surface area contributed by atoms with Crippen molar-refractivity contribution in [3.05, 3.63) is 47.0 Å². The van der Waals surface area contributed by atoms with E-state index in [0.717, 1.165) is 23.4 Å². The maximum absolute atomic E-state index is 5.89. The Bertz CT molecular complexity index is 458. The number of rotatable bonds is 2. The maximum atomic E-state index is 5.89. The molecule has 0 aliphatic rings. The summed E-state index contributed by atoms with van der Waals surface area (Å²) in [6.45, 7) is 4.17. The van der Waals surface area contributed by atoms with Gasteiger partial charge in [-0.25, -0.2) is 4.98 Å². The maximum Gasteiger partial charge on any atom is 0.0923 e. The van der Waals surface area contributed by atoms with Gasteiger partial charge >= 0.3 is 0 Å². The van der Waals surface area contributed by atoms with Crippen molar-refractivity contribution in [2.75, 3.05) is 5.73 Å². The number of hydrogen-bond acceptors (Lipinski definition) is 2. The highest BCUT2D eigenvalue weighted by Gasteiger charge is 2.07. The van der Waals surface area contributed by atoms with E-state index in [4.69, 9.17) is 5.73 Å². The van der Waals surface area contributed by atoms with Gasteiger partial charge in [0.2, 0.25) is 0 Å². The Kier molecular flexibility index (Phi) is 2.46. The quantitative estimate of drug-likeness (QED) is 0.732. The standard InChI is InChI=1S/C12H15N3/c1-8-3-4-12(13)9(2)11(8)5-10-6-14-7-15-10/h3-4,6-7H,5,13H2,1-2H3,(H,14,15). The van der Waals surface area contributed by atoms with E-state index in [0.29, 0.717) is 0 Å². The van der Waals surface area contributed by atoms with Gasteiger partial charge in [-0.1, -0.05) is 6.07 Å². The van der Waals surface area contributed by atoms with Gasteiger partial charge in [0.05, 0.1) is 12.0 Å². The zero-order valence-electron chi connectivity index (χ0n) is 9.04. The Morgan fingerprint density at radius 2 is 2.13 bits per heavy atom. The minimum atomic E-state index is 0.839. The second kappa shape index (κ2) is 3.77. The van der Waals surface area contributed by atoms with Crippen LogP contribution in [0.2, 0.25) is 0 Å². The van der Waals surface area contributed by atoms with Crippen molar-refractivity contribution in [1.82, 2.24) is 9.97 Å². The summed E-state index contributed by atoms with van der Waals surface area (Å²) in [6.07, 6.45) is 4.46. The smallest absolute Gasteiger partial charge is 0.0923 e. The average molecular weight is 201 g/mol. The van der Waals surface area contributed by atoms with Crippen molar-refractivity contribution in [1.29, 1.82) is 0 Å². The molecule has 0 saturated heterocycles. The molecule has 0 radical (unpaired) electrons. The molecule has 0 atom stereocenters. The Morgan fingerprint density at radius 3 is 2.80 bits per heavy atom. The predicted octanol–water partition coefficient (Wildman–Crippen LogP) is 2.20.